The number of Topliss-reactive ketones (excluding diaryl/α,β-unsaturated/α-hetero) is 1. The highest BCUT2D eigenvalue weighted by Crippen LogP contribution is 2.47. The molecule has 0 saturated carbocycles. The number of hydrogen-bond donors (Lipinski definition) is 0. The zero-order chi connectivity index (χ0) is 16.2. The number of alkyl halides is 1. The number of carbonyl (C=O) groups is 2. The lowest BCUT2D eigenvalue weighted by Crippen LogP contribution is -2.44. The van der Waals surface area contributed by atoms with E-state index in [0.717, 1.165) is 5.56 Å². The van der Waals surface area contributed by atoms with E-state index in [9.17, 15) is 9.59 Å². The monoisotopic (exact) mass is 374 g/mol. The summed E-state index contributed by atoms with van der Waals surface area (Å²) in [5.41, 5.74) is -0.251. The van der Waals surface area contributed by atoms with Crippen LogP contribution in [0.4, 0.5) is 4.39 Å². The molecule has 116 valence electrons. The number of carbonyl (C=O) groups excluding carboxylic acids is 2. The van der Waals surface area contributed by atoms with Crippen LogP contribution in [0.2, 0.25) is 0 Å². The van der Waals surface area contributed by atoms with Gasteiger partial charge in [-0.25, -0.2) is 9.18 Å². The molecule has 1 aliphatic carbocycles. The van der Waals surface area contributed by atoms with Crippen molar-refractivity contribution in [2.45, 2.75) is 24.6 Å². The topological polar surface area (TPSA) is 43.4 Å². The first kappa shape index (κ1) is 14.6. The third-order valence-electron chi connectivity index (χ3n) is 4.56. The van der Waals surface area contributed by atoms with Gasteiger partial charge in [0.05, 0.1) is 5.56 Å². The molecule has 2 aliphatic rings. The summed E-state index contributed by atoms with van der Waals surface area (Å²) in [4.78, 5) is 24.8. The Hall–Kier alpha value is -2.01. The second-order valence-electron chi connectivity index (χ2n) is 5.87. The van der Waals surface area contributed by atoms with Crippen molar-refractivity contribution in [3.63, 3.8) is 0 Å². The van der Waals surface area contributed by atoms with Gasteiger partial charge in [-0.1, -0.05) is 46.3 Å². The van der Waals surface area contributed by atoms with Gasteiger partial charge in [0.25, 0.3) is 0 Å². The zero-order valence-electron chi connectivity index (χ0n) is 12.0. The van der Waals surface area contributed by atoms with Gasteiger partial charge in [0.2, 0.25) is 11.5 Å². The van der Waals surface area contributed by atoms with Crippen LogP contribution in [-0.2, 0) is 11.2 Å². The molecular weight excluding hydrogens is 363 g/mol. The van der Waals surface area contributed by atoms with Gasteiger partial charge < -0.3 is 4.74 Å². The van der Waals surface area contributed by atoms with Gasteiger partial charge in [-0.05, 0) is 30.5 Å². The molecule has 1 aliphatic heterocycles. The van der Waals surface area contributed by atoms with Gasteiger partial charge in [0.1, 0.15) is 0 Å². The van der Waals surface area contributed by atoms with E-state index in [1.807, 2.05) is 12.1 Å². The number of benzene rings is 2. The fourth-order valence-corrected chi connectivity index (χ4v) is 3.73. The lowest BCUT2D eigenvalue weighted by molar-refractivity contribution is -0.0226. The lowest BCUT2D eigenvalue weighted by Gasteiger charge is -2.33. The maximum absolute atomic E-state index is 15.7. The molecule has 0 N–H and O–H groups in total. The Morgan fingerprint density at radius 3 is 2.74 bits per heavy atom. The molecule has 0 bridgehead atoms. The average Bonchev–Trinajstić information content (AvgIpc) is 2.88. The number of hydrogen-bond acceptors (Lipinski definition) is 3. The minimum absolute atomic E-state index is 0.0102. The Kier molecular flexibility index (Phi) is 3.17. The number of ether oxygens (including phenoxy) is 1. The zero-order valence-corrected chi connectivity index (χ0v) is 13.6. The first-order chi connectivity index (χ1) is 11.0. The third kappa shape index (κ3) is 2.06. The molecule has 1 heterocycles. The Labute approximate surface area is 140 Å². The molecule has 0 aromatic heterocycles. The van der Waals surface area contributed by atoms with Crippen molar-refractivity contribution in [2.24, 2.45) is 0 Å². The van der Waals surface area contributed by atoms with Gasteiger partial charge >= 0.3 is 5.97 Å². The highest BCUT2D eigenvalue weighted by atomic mass is 79.9. The summed E-state index contributed by atoms with van der Waals surface area (Å²) in [6.45, 7) is 0. The SMILES string of the molecule is O=C1O[C@H]([C@]2(F)CCc3ccccc3C2=O)c2ccc(Br)cc21. The van der Waals surface area contributed by atoms with Gasteiger partial charge in [0.15, 0.2) is 6.10 Å². The van der Waals surface area contributed by atoms with Crippen LogP contribution in [0.5, 0.6) is 0 Å². The molecule has 0 amide bonds. The van der Waals surface area contributed by atoms with Crippen LogP contribution < -0.4 is 0 Å². The molecule has 0 radical (unpaired) electrons. The molecule has 0 saturated heterocycles. The van der Waals surface area contributed by atoms with E-state index in [1.54, 1.807) is 30.3 Å². The second-order valence-corrected chi connectivity index (χ2v) is 6.78. The molecule has 0 fully saturated rings. The minimum Gasteiger partial charge on any atom is -0.450 e. The van der Waals surface area contributed by atoms with E-state index < -0.39 is 23.5 Å². The van der Waals surface area contributed by atoms with E-state index in [4.69, 9.17) is 4.74 Å². The molecule has 0 spiro atoms. The molecule has 23 heavy (non-hydrogen) atoms. The Morgan fingerprint density at radius 2 is 1.91 bits per heavy atom. The van der Waals surface area contributed by atoms with Crippen LogP contribution in [0, 0.1) is 0 Å². The minimum atomic E-state index is -2.22. The summed E-state index contributed by atoms with van der Waals surface area (Å²) in [6, 6.07) is 12.0. The van der Waals surface area contributed by atoms with Crippen LogP contribution in [0.1, 0.15) is 44.4 Å². The van der Waals surface area contributed by atoms with Gasteiger partial charge in [-0.2, -0.15) is 0 Å². The first-order valence-corrected chi connectivity index (χ1v) is 8.12. The van der Waals surface area contributed by atoms with E-state index in [0.29, 0.717) is 27.6 Å². The molecule has 0 unspecified atom stereocenters. The quantitative estimate of drug-likeness (QED) is 0.702. The fraction of sp³-hybridized carbons (Fsp3) is 0.222. The largest absolute Gasteiger partial charge is 0.450 e. The summed E-state index contributed by atoms with van der Waals surface area (Å²) < 4.78 is 21.6. The number of rotatable bonds is 1. The summed E-state index contributed by atoms with van der Waals surface area (Å²) in [6.07, 6.45) is -0.729. The maximum atomic E-state index is 15.7. The normalized spacial score (nSPS) is 25.7. The first-order valence-electron chi connectivity index (χ1n) is 7.33. The van der Waals surface area contributed by atoms with Crippen LogP contribution in [-0.4, -0.2) is 17.4 Å². The number of halogens is 2. The van der Waals surface area contributed by atoms with Crippen molar-refractivity contribution in [3.05, 3.63) is 69.2 Å². The summed E-state index contributed by atoms with van der Waals surface area (Å²) in [7, 11) is 0. The Bertz CT molecular complexity index is 848. The number of cyclic esters (lactones) is 1. The highest BCUT2D eigenvalue weighted by molar-refractivity contribution is 9.10. The van der Waals surface area contributed by atoms with E-state index in [1.165, 1.54) is 0 Å². The second kappa shape index (κ2) is 4.99. The molecular formula is C18H12BrFO3. The molecule has 4 rings (SSSR count). The van der Waals surface area contributed by atoms with Crippen molar-refractivity contribution >= 4 is 27.7 Å². The molecule has 3 nitrogen and oxygen atoms in total. The highest BCUT2D eigenvalue weighted by Gasteiger charge is 2.55. The predicted octanol–water partition coefficient (Wildman–Crippen LogP) is 4.20. The van der Waals surface area contributed by atoms with Crippen molar-refractivity contribution in [1.82, 2.24) is 0 Å². The molecule has 5 heteroatoms. The van der Waals surface area contributed by atoms with Gasteiger partial charge in [-0.3, -0.25) is 4.79 Å². The lowest BCUT2D eigenvalue weighted by atomic mass is 9.75. The number of ketones is 1. The Balaban J connectivity index is 1.81. The van der Waals surface area contributed by atoms with Gasteiger partial charge in [0, 0.05) is 15.6 Å². The van der Waals surface area contributed by atoms with E-state index >= 15 is 4.39 Å². The number of fused-ring (bicyclic) bond motifs is 2. The van der Waals surface area contributed by atoms with Crippen LogP contribution >= 0.6 is 15.9 Å². The number of esters is 1. The fourth-order valence-electron chi connectivity index (χ4n) is 3.37. The smallest absolute Gasteiger partial charge is 0.339 e. The van der Waals surface area contributed by atoms with Crippen LogP contribution in [0.15, 0.2) is 46.9 Å². The van der Waals surface area contributed by atoms with Crippen molar-refractivity contribution < 1.29 is 18.7 Å². The molecule has 2 aromatic rings. The molecule has 2 aromatic carbocycles. The summed E-state index contributed by atoms with van der Waals surface area (Å²) in [5.74, 6) is -1.19. The van der Waals surface area contributed by atoms with Gasteiger partial charge in [-0.15, -0.1) is 0 Å². The number of aryl methyl sites for hydroxylation is 1. The van der Waals surface area contributed by atoms with Crippen molar-refractivity contribution in [1.29, 1.82) is 0 Å². The standard InChI is InChI=1S/C18H12BrFO3/c19-11-5-6-13-14(9-11)17(22)23-16(13)18(20)8-7-10-3-1-2-4-12(10)15(18)21/h1-6,9,16H,7-8H2/t16-,18-/m0/s1. The average molecular weight is 375 g/mol. The summed E-state index contributed by atoms with van der Waals surface area (Å²) in [5, 5.41) is 0. The third-order valence-corrected chi connectivity index (χ3v) is 5.05. The van der Waals surface area contributed by atoms with E-state index in [-0.39, 0.29) is 6.42 Å². The maximum Gasteiger partial charge on any atom is 0.339 e. The Morgan fingerprint density at radius 1 is 1.13 bits per heavy atom. The predicted molar refractivity (Wildman–Crippen MR) is 85.2 cm³/mol. The van der Waals surface area contributed by atoms with Crippen LogP contribution in [0.3, 0.4) is 0 Å². The van der Waals surface area contributed by atoms with Crippen LogP contribution in [0.25, 0.3) is 0 Å². The molecule has 2 atom stereocenters. The summed E-state index contributed by atoms with van der Waals surface area (Å²) >= 11 is 3.29. The van der Waals surface area contributed by atoms with Crippen molar-refractivity contribution in [3.8, 4) is 0 Å². The van der Waals surface area contributed by atoms with E-state index in [2.05, 4.69) is 15.9 Å². The van der Waals surface area contributed by atoms with Crippen molar-refractivity contribution in [2.75, 3.05) is 0 Å².